The van der Waals surface area contributed by atoms with Crippen molar-refractivity contribution in [2.24, 2.45) is 0 Å². The molecule has 0 fully saturated rings. The minimum atomic E-state index is 0.0150. The van der Waals surface area contributed by atoms with Crippen LogP contribution in [0.25, 0.3) is 0 Å². The molecular formula is C6H10Ca. The predicted octanol–water partition coefficient (Wildman–Crippen LogP) is 1.88. The summed E-state index contributed by atoms with van der Waals surface area (Å²) in [6.07, 6.45) is 0. The van der Waals surface area contributed by atoms with Gasteiger partial charge >= 0.3 is 63.9 Å². The zero-order chi connectivity index (χ0) is 5.28. The van der Waals surface area contributed by atoms with E-state index in [0.717, 1.165) is 0 Å². The molecule has 36 valence electrons. The van der Waals surface area contributed by atoms with E-state index in [1.165, 1.54) is 0 Å². The zero-order valence-corrected chi connectivity index (χ0v) is 7.33. The van der Waals surface area contributed by atoms with Gasteiger partial charge in [-0.05, 0) is 0 Å². The predicted molar refractivity (Wildman–Crippen MR) is 33.7 cm³/mol. The van der Waals surface area contributed by atoms with Crippen molar-refractivity contribution in [3.05, 3.63) is 11.1 Å². The first kappa shape index (κ1) is 6.12. The van der Waals surface area contributed by atoms with Crippen molar-refractivity contribution in [2.75, 3.05) is 0 Å². The van der Waals surface area contributed by atoms with Crippen LogP contribution in [0.15, 0.2) is 11.1 Å². The average Bonchev–Trinajstić information content (AvgIpc) is 1.91. The molecule has 1 heterocycles. The second-order valence-electron chi connectivity index (χ2n) is 2.41. The molecule has 1 aliphatic rings. The number of rotatable bonds is 0. The maximum absolute atomic E-state index is 2.29. The monoisotopic (exact) mass is 122 g/mol. The van der Waals surface area contributed by atoms with Crippen molar-refractivity contribution >= 4 is 33.8 Å². The van der Waals surface area contributed by atoms with Crippen LogP contribution in [0.5, 0.6) is 0 Å². The van der Waals surface area contributed by atoms with E-state index in [1.54, 1.807) is 16.2 Å². The molecule has 0 unspecified atom stereocenters. The van der Waals surface area contributed by atoms with Gasteiger partial charge in [-0.2, -0.15) is 0 Å². The SMILES string of the molecule is CC1=C(C)[CH2][Ca][CH2]1. The van der Waals surface area contributed by atoms with Crippen LogP contribution < -0.4 is 0 Å². The van der Waals surface area contributed by atoms with Gasteiger partial charge in [0.1, 0.15) is 0 Å². The Morgan fingerprint density at radius 2 is 1.57 bits per heavy atom. The second-order valence-corrected chi connectivity index (χ2v) is 5.08. The second kappa shape index (κ2) is 2.52. The van der Waals surface area contributed by atoms with Crippen molar-refractivity contribution in [1.29, 1.82) is 0 Å². The molecule has 1 aliphatic heterocycles. The van der Waals surface area contributed by atoms with Crippen molar-refractivity contribution in [2.45, 2.75) is 18.9 Å². The molecule has 0 aromatic carbocycles. The van der Waals surface area contributed by atoms with Gasteiger partial charge in [-0.25, -0.2) is 0 Å². The molecule has 0 saturated carbocycles. The van der Waals surface area contributed by atoms with Crippen molar-refractivity contribution in [1.82, 2.24) is 0 Å². The summed E-state index contributed by atoms with van der Waals surface area (Å²) in [5.41, 5.74) is 3.42. The van der Waals surface area contributed by atoms with E-state index in [1.807, 2.05) is 0 Å². The van der Waals surface area contributed by atoms with Crippen LogP contribution in [0.3, 0.4) is 0 Å². The summed E-state index contributed by atoms with van der Waals surface area (Å²) < 4.78 is 3.08. The number of hydrogen-bond donors (Lipinski definition) is 0. The molecule has 1 rings (SSSR count). The van der Waals surface area contributed by atoms with Gasteiger partial charge in [-0.1, -0.05) is 0 Å². The summed E-state index contributed by atoms with van der Waals surface area (Å²) in [4.78, 5) is 0. The summed E-state index contributed by atoms with van der Waals surface area (Å²) in [6, 6.07) is 0. The Bertz CT molecular complexity index is 90.7. The van der Waals surface area contributed by atoms with E-state index in [2.05, 4.69) is 13.8 Å². The van der Waals surface area contributed by atoms with Crippen LogP contribution in [0.2, 0.25) is 5.04 Å². The first-order valence-corrected chi connectivity index (χ1v) is 6.08. The molecule has 0 bridgehead atoms. The third kappa shape index (κ3) is 1.45. The number of hydrogen-bond acceptors (Lipinski definition) is 0. The Hall–Kier alpha value is 1.000. The van der Waals surface area contributed by atoms with Crippen LogP contribution in [0.1, 0.15) is 13.8 Å². The molecule has 0 spiro atoms. The fraction of sp³-hybridized carbons (Fsp3) is 0.667. The molecule has 0 nitrogen and oxygen atoms in total. The summed E-state index contributed by atoms with van der Waals surface area (Å²) in [5, 5.41) is 0. The standard InChI is InChI=1S/C6H10.Ca/c1-5(2)6(3)4;/h1,3H2,2,4H3;. The van der Waals surface area contributed by atoms with Crippen LogP contribution >= 0.6 is 0 Å². The third-order valence-electron chi connectivity index (χ3n) is 1.83. The normalized spacial score (nSPS) is 19.1. The van der Waals surface area contributed by atoms with Crippen LogP contribution in [-0.2, 0) is 0 Å². The van der Waals surface area contributed by atoms with Crippen molar-refractivity contribution < 1.29 is 0 Å². The fourth-order valence-electron chi connectivity index (χ4n) is 1.05. The van der Waals surface area contributed by atoms with E-state index in [-0.39, 0.29) is 33.8 Å². The Kier molecular flexibility index (Phi) is 2.20. The first-order chi connectivity index (χ1) is 3.30. The van der Waals surface area contributed by atoms with E-state index < -0.39 is 0 Å². The van der Waals surface area contributed by atoms with Gasteiger partial charge in [0, 0.05) is 0 Å². The molecule has 7 heavy (non-hydrogen) atoms. The van der Waals surface area contributed by atoms with Gasteiger partial charge in [-0.3, -0.25) is 0 Å². The average molecular weight is 122 g/mol. The zero-order valence-electron chi connectivity index (χ0n) is 5.12. The summed E-state index contributed by atoms with van der Waals surface area (Å²) >= 11 is 0.0150. The Labute approximate surface area is 63.3 Å². The fourth-order valence-corrected chi connectivity index (χ4v) is 4.31. The van der Waals surface area contributed by atoms with Crippen molar-refractivity contribution in [3.8, 4) is 0 Å². The van der Waals surface area contributed by atoms with E-state index >= 15 is 0 Å². The molecule has 1 heteroatoms. The van der Waals surface area contributed by atoms with E-state index in [9.17, 15) is 0 Å². The quantitative estimate of drug-likeness (QED) is 0.340. The van der Waals surface area contributed by atoms with Gasteiger partial charge in [0.25, 0.3) is 0 Å². The molecule has 0 aromatic heterocycles. The summed E-state index contributed by atoms with van der Waals surface area (Å²) in [7, 11) is 0. The minimum absolute atomic E-state index is 0.0150. The summed E-state index contributed by atoms with van der Waals surface area (Å²) in [5.74, 6) is 0. The topological polar surface area (TPSA) is 0 Å². The molecule has 0 atom stereocenters. The Morgan fingerprint density at radius 3 is 1.71 bits per heavy atom. The Morgan fingerprint density at radius 1 is 1.14 bits per heavy atom. The van der Waals surface area contributed by atoms with E-state index in [0.29, 0.717) is 0 Å². The van der Waals surface area contributed by atoms with Gasteiger partial charge < -0.3 is 0 Å². The summed E-state index contributed by atoms with van der Waals surface area (Å²) in [6.45, 7) is 4.57. The molecule has 0 radical (unpaired) electrons. The first-order valence-electron chi connectivity index (χ1n) is 2.96. The molecule has 0 saturated heterocycles. The van der Waals surface area contributed by atoms with E-state index in [4.69, 9.17) is 0 Å². The van der Waals surface area contributed by atoms with Gasteiger partial charge in [0.2, 0.25) is 0 Å². The molecular weight excluding hydrogens is 112 g/mol. The van der Waals surface area contributed by atoms with Gasteiger partial charge in [0.05, 0.1) is 0 Å². The molecule has 0 N–H and O–H groups in total. The van der Waals surface area contributed by atoms with Crippen LogP contribution in [0, 0.1) is 0 Å². The third-order valence-corrected chi connectivity index (χ3v) is 5.28. The number of allylic oxidation sites excluding steroid dienone is 2. The molecule has 0 aliphatic carbocycles. The van der Waals surface area contributed by atoms with Crippen molar-refractivity contribution in [3.63, 3.8) is 0 Å². The van der Waals surface area contributed by atoms with Gasteiger partial charge in [-0.15, -0.1) is 0 Å². The van der Waals surface area contributed by atoms with Gasteiger partial charge in [0.15, 0.2) is 0 Å². The van der Waals surface area contributed by atoms with Crippen LogP contribution in [-0.4, -0.2) is 33.8 Å². The Balaban J connectivity index is 2.64. The molecule has 0 amide bonds. The molecule has 0 aromatic rings. The maximum atomic E-state index is 2.29. The van der Waals surface area contributed by atoms with Crippen LogP contribution in [0.4, 0.5) is 0 Å².